The van der Waals surface area contributed by atoms with Crippen LogP contribution in [0.15, 0.2) is 16.9 Å². The van der Waals surface area contributed by atoms with Crippen LogP contribution in [0.3, 0.4) is 0 Å². The Labute approximate surface area is 205 Å². The zero-order chi connectivity index (χ0) is 27.0. The SMILES string of the molecule is CC(C)(ON=C(C(=O)NC1C(=O)N(S(=O)(=O)O)C1Cn1cnc(C(N)=O)n1)c1csc(N)n1)C(=O)O. The average Bonchev–Trinajstić information content (AvgIpc) is 3.40. The summed E-state index contributed by atoms with van der Waals surface area (Å²) in [6.07, 6.45) is 1.02. The molecule has 1 aliphatic rings. The summed E-state index contributed by atoms with van der Waals surface area (Å²) in [7, 11) is -5.04. The number of carboxylic acids is 1. The molecular formula is C16H19N9O9S2. The van der Waals surface area contributed by atoms with Crippen molar-refractivity contribution in [3.63, 3.8) is 0 Å². The van der Waals surface area contributed by atoms with Gasteiger partial charge in [0.25, 0.3) is 17.7 Å². The average molecular weight is 546 g/mol. The molecule has 194 valence electrons. The van der Waals surface area contributed by atoms with E-state index in [1.54, 1.807) is 0 Å². The number of oxime groups is 1. The number of β-lactam (4-membered cyclic amide) rings is 1. The Morgan fingerprint density at radius 1 is 1.36 bits per heavy atom. The Hall–Kier alpha value is -4.17. The van der Waals surface area contributed by atoms with E-state index in [2.05, 4.69) is 25.5 Å². The second kappa shape index (κ2) is 9.47. The van der Waals surface area contributed by atoms with E-state index < -0.39 is 69.8 Å². The van der Waals surface area contributed by atoms with Crippen LogP contribution in [0, 0.1) is 0 Å². The lowest BCUT2D eigenvalue weighted by molar-refractivity contribution is -0.161. The van der Waals surface area contributed by atoms with E-state index in [0.717, 1.165) is 36.2 Å². The third-order valence-electron chi connectivity index (χ3n) is 4.70. The van der Waals surface area contributed by atoms with Crippen molar-refractivity contribution in [3.8, 4) is 0 Å². The third-order valence-corrected chi connectivity index (χ3v) is 6.32. The van der Waals surface area contributed by atoms with Gasteiger partial charge in [-0.1, -0.05) is 5.16 Å². The highest BCUT2D eigenvalue weighted by atomic mass is 32.2. The van der Waals surface area contributed by atoms with Gasteiger partial charge in [0.15, 0.2) is 10.8 Å². The Morgan fingerprint density at radius 3 is 2.53 bits per heavy atom. The summed E-state index contributed by atoms with van der Waals surface area (Å²) < 4.78 is 33.9. The molecule has 0 aromatic carbocycles. The normalized spacial score (nSPS) is 18.5. The molecule has 3 heterocycles. The van der Waals surface area contributed by atoms with Crippen LogP contribution >= 0.6 is 11.3 Å². The number of amides is 3. The first-order chi connectivity index (χ1) is 16.6. The number of rotatable bonds is 10. The lowest BCUT2D eigenvalue weighted by atomic mass is 9.98. The Balaban J connectivity index is 1.90. The van der Waals surface area contributed by atoms with E-state index in [1.807, 2.05) is 0 Å². The number of thiazole rings is 1. The van der Waals surface area contributed by atoms with Gasteiger partial charge in [0.1, 0.15) is 18.1 Å². The largest absolute Gasteiger partial charge is 0.478 e. The molecule has 1 saturated heterocycles. The molecular weight excluding hydrogens is 526 g/mol. The van der Waals surface area contributed by atoms with Crippen molar-refractivity contribution >= 4 is 56.2 Å². The monoisotopic (exact) mass is 545 g/mol. The number of anilines is 1. The number of nitrogens with one attached hydrogen (secondary N) is 1. The van der Waals surface area contributed by atoms with Crippen LogP contribution in [0.25, 0.3) is 0 Å². The number of nitrogen functional groups attached to an aromatic ring is 1. The molecule has 0 aliphatic carbocycles. The molecule has 0 spiro atoms. The summed E-state index contributed by atoms with van der Waals surface area (Å²) in [6.45, 7) is 1.89. The third kappa shape index (κ3) is 5.39. The predicted molar refractivity (Wildman–Crippen MR) is 119 cm³/mol. The molecule has 20 heteroatoms. The van der Waals surface area contributed by atoms with Crippen molar-refractivity contribution in [3.05, 3.63) is 23.2 Å². The number of aliphatic carboxylic acids is 1. The first kappa shape index (κ1) is 26.4. The first-order valence-electron chi connectivity index (χ1n) is 9.63. The van der Waals surface area contributed by atoms with Crippen LogP contribution in [0.5, 0.6) is 0 Å². The number of hydrogen-bond acceptors (Lipinski definition) is 13. The van der Waals surface area contributed by atoms with Crippen molar-refractivity contribution in [1.29, 1.82) is 0 Å². The highest BCUT2D eigenvalue weighted by Crippen LogP contribution is 2.25. The van der Waals surface area contributed by atoms with Gasteiger partial charge in [0.2, 0.25) is 11.4 Å². The molecule has 2 atom stereocenters. The molecule has 3 rings (SSSR count). The molecule has 2 aromatic heterocycles. The fourth-order valence-corrected chi connectivity index (χ4v) is 4.26. The molecule has 7 N–H and O–H groups in total. The number of carbonyl (C=O) groups excluding carboxylic acids is 3. The maximum atomic E-state index is 13.0. The van der Waals surface area contributed by atoms with Crippen molar-refractivity contribution in [2.24, 2.45) is 10.9 Å². The zero-order valence-electron chi connectivity index (χ0n) is 18.4. The predicted octanol–water partition coefficient (Wildman–Crippen LogP) is -2.80. The number of primary amides is 1. The van der Waals surface area contributed by atoms with Crippen LogP contribution in [0.1, 0.15) is 30.2 Å². The maximum absolute atomic E-state index is 13.0. The summed E-state index contributed by atoms with van der Waals surface area (Å²) >= 11 is 0.930. The van der Waals surface area contributed by atoms with Gasteiger partial charge < -0.3 is 26.7 Å². The summed E-state index contributed by atoms with van der Waals surface area (Å²) in [4.78, 5) is 60.5. The topological polar surface area (TPSA) is 275 Å². The maximum Gasteiger partial charge on any atom is 0.362 e. The van der Waals surface area contributed by atoms with E-state index in [-0.39, 0.29) is 15.1 Å². The Kier molecular flexibility index (Phi) is 6.95. The Morgan fingerprint density at radius 2 is 2.03 bits per heavy atom. The molecule has 1 aliphatic heterocycles. The van der Waals surface area contributed by atoms with Crippen molar-refractivity contribution < 1.29 is 42.1 Å². The van der Waals surface area contributed by atoms with E-state index >= 15 is 0 Å². The second-order valence-electron chi connectivity index (χ2n) is 7.70. The molecule has 2 aromatic rings. The van der Waals surface area contributed by atoms with E-state index in [1.165, 1.54) is 5.38 Å². The molecule has 18 nitrogen and oxygen atoms in total. The van der Waals surface area contributed by atoms with E-state index in [0.29, 0.717) is 0 Å². The fourth-order valence-electron chi connectivity index (χ4n) is 2.84. The zero-order valence-corrected chi connectivity index (χ0v) is 20.1. The van der Waals surface area contributed by atoms with Crippen LogP contribution in [0.2, 0.25) is 0 Å². The standard InChI is InChI=1S/C16H19N9O9S2/c1-16(2,14(29)30)34-23-8(6-4-35-15(18)20-6)12(27)21-9-7(25(13(9)28)36(31,32)33)3-24-5-19-11(22-24)10(17)26/h4-5,7,9H,3H2,1-2H3,(H2,17,26)(H2,18,20)(H,21,27)(H,29,30)(H,31,32,33). The van der Waals surface area contributed by atoms with Crippen molar-refractivity contribution in [2.75, 3.05) is 5.73 Å². The van der Waals surface area contributed by atoms with Gasteiger partial charge >= 0.3 is 16.3 Å². The van der Waals surface area contributed by atoms with E-state index in [9.17, 15) is 37.3 Å². The molecule has 2 unspecified atom stereocenters. The van der Waals surface area contributed by atoms with Crippen LogP contribution in [0.4, 0.5) is 5.13 Å². The van der Waals surface area contributed by atoms with Crippen LogP contribution in [-0.2, 0) is 36.1 Å². The van der Waals surface area contributed by atoms with Gasteiger partial charge in [-0.2, -0.15) is 8.42 Å². The minimum Gasteiger partial charge on any atom is -0.478 e. The lowest BCUT2D eigenvalue weighted by Gasteiger charge is -2.43. The van der Waals surface area contributed by atoms with Crippen molar-refractivity contribution in [2.45, 2.75) is 38.1 Å². The van der Waals surface area contributed by atoms with Gasteiger partial charge in [-0.15, -0.1) is 16.4 Å². The minimum absolute atomic E-state index is 0.0366. The smallest absolute Gasteiger partial charge is 0.362 e. The number of nitrogens with zero attached hydrogens (tertiary/aromatic N) is 6. The Bertz CT molecular complexity index is 1360. The van der Waals surface area contributed by atoms with Gasteiger partial charge in [-0.25, -0.2) is 23.7 Å². The molecule has 36 heavy (non-hydrogen) atoms. The fraction of sp³-hybridized carbons (Fsp3) is 0.375. The van der Waals surface area contributed by atoms with Gasteiger partial charge in [0.05, 0.1) is 12.6 Å². The number of carbonyl (C=O) groups is 4. The number of hydrogen-bond donors (Lipinski definition) is 5. The molecule has 3 amide bonds. The molecule has 1 fully saturated rings. The molecule has 0 saturated carbocycles. The lowest BCUT2D eigenvalue weighted by Crippen LogP contribution is -2.73. The molecule has 0 bridgehead atoms. The summed E-state index contributed by atoms with van der Waals surface area (Å²) in [6, 6.07) is -2.94. The van der Waals surface area contributed by atoms with Crippen LogP contribution in [-0.4, -0.2) is 89.2 Å². The number of aromatic nitrogens is 4. The minimum atomic E-state index is -5.04. The second-order valence-corrected chi connectivity index (χ2v) is 9.88. The highest BCUT2D eigenvalue weighted by Gasteiger charge is 2.54. The van der Waals surface area contributed by atoms with Crippen molar-refractivity contribution in [1.82, 2.24) is 29.4 Å². The number of carboxylic acid groups (broad SMARTS) is 1. The first-order valence-corrected chi connectivity index (χ1v) is 11.9. The van der Waals surface area contributed by atoms with Gasteiger partial charge in [-0.05, 0) is 13.8 Å². The summed E-state index contributed by atoms with van der Waals surface area (Å²) in [5, 5.41) is 20.1. The van der Waals surface area contributed by atoms with E-state index in [4.69, 9.17) is 16.3 Å². The van der Waals surface area contributed by atoms with Crippen LogP contribution < -0.4 is 16.8 Å². The van der Waals surface area contributed by atoms with Gasteiger partial charge in [-0.3, -0.25) is 18.9 Å². The summed E-state index contributed by atoms with van der Waals surface area (Å²) in [5.41, 5.74) is 8.13. The number of nitrogens with two attached hydrogens (primary N) is 2. The summed E-state index contributed by atoms with van der Waals surface area (Å²) in [5.74, 6) is -5.06. The highest BCUT2D eigenvalue weighted by molar-refractivity contribution is 7.84. The van der Waals surface area contributed by atoms with Gasteiger partial charge in [0, 0.05) is 5.38 Å². The molecule has 0 radical (unpaired) electrons. The quantitative estimate of drug-likeness (QED) is 0.0874.